The largest absolute Gasteiger partial charge is 0.481 e. The van der Waals surface area contributed by atoms with E-state index in [1.165, 1.54) is 11.1 Å². The Morgan fingerprint density at radius 1 is 1.16 bits per heavy atom. The number of aryl methyl sites for hydroxylation is 1. The van der Waals surface area contributed by atoms with Crippen LogP contribution in [0, 0.1) is 12.8 Å². The summed E-state index contributed by atoms with van der Waals surface area (Å²) in [6.07, 6.45) is 4.82. The molecule has 2 heterocycles. The molecule has 5 nitrogen and oxygen atoms in total. The molecule has 0 spiro atoms. The van der Waals surface area contributed by atoms with Gasteiger partial charge in [-0.25, -0.2) is 0 Å². The molecule has 0 radical (unpaired) electrons. The average molecular weight is 342 g/mol. The lowest BCUT2D eigenvalue weighted by atomic mass is 9.89. The smallest absolute Gasteiger partial charge is 0.308 e. The molecule has 25 heavy (non-hydrogen) atoms. The van der Waals surface area contributed by atoms with E-state index in [4.69, 9.17) is 0 Å². The zero-order valence-electron chi connectivity index (χ0n) is 14.7. The van der Waals surface area contributed by atoms with Crippen molar-refractivity contribution in [1.29, 1.82) is 0 Å². The molecule has 2 saturated heterocycles. The maximum absolute atomic E-state index is 13.0. The first-order valence-electron chi connectivity index (χ1n) is 9.36. The molecule has 134 valence electrons. The molecular weight excluding hydrogens is 316 g/mol. The van der Waals surface area contributed by atoms with E-state index in [2.05, 4.69) is 36.1 Å². The van der Waals surface area contributed by atoms with Gasteiger partial charge in [0.15, 0.2) is 0 Å². The highest BCUT2D eigenvalue weighted by molar-refractivity contribution is 5.79. The minimum Gasteiger partial charge on any atom is -0.481 e. The zero-order valence-corrected chi connectivity index (χ0v) is 14.7. The molecule has 2 aliphatic heterocycles. The van der Waals surface area contributed by atoms with Crippen LogP contribution in [-0.4, -0.2) is 51.5 Å². The van der Waals surface area contributed by atoms with Crippen molar-refractivity contribution in [3.8, 4) is 0 Å². The fourth-order valence-electron chi connectivity index (χ4n) is 4.56. The fraction of sp³-hybridized carbons (Fsp3) is 0.600. The minimum atomic E-state index is -0.705. The number of carbonyl (C=O) groups excluding carboxylic acids is 1. The Kier molecular flexibility index (Phi) is 4.28. The van der Waals surface area contributed by atoms with E-state index in [9.17, 15) is 14.7 Å². The molecule has 1 saturated carbocycles. The van der Waals surface area contributed by atoms with Gasteiger partial charge >= 0.3 is 5.97 Å². The monoisotopic (exact) mass is 342 g/mol. The Hall–Kier alpha value is -1.88. The van der Waals surface area contributed by atoms with Crippen molar-refractivity contribution in [2.45, 2.75) is 63.7 Å². The summed E-state index contributed by atoms with van der Waals surface area (Å²) in [5.74, 6) is -0.840. The molecule has 1 aromatic carbocycles. The molecule has 3 aliphatic rings. The van der Waals surface area contributed by atoms with Crippen molar-refractivity contribution in [2.75, 3.05) is 6.54 Å². The van der Waals surface area contributed by atoms with Gasteiger partial charge in [-0.2, -0.15) is 0 Å². The first-order valence-corrected chi connectivity index (χ1v) is 9.36. The van der Waals surface area contributed by atoms with Crippen LogP contribution in [0.25, 0.3) is 0 Å². The molecule has 3 atom stereocenters. The highest BCUT2D eigenvalue weighted by Gasteiger charge is 2.50. The number of amides is 1. The van der Waals surface area contributed by atoms with Gasteiger partial charge in [-0.1, -0.05) is 29.8 Å². The molecule has 1 aliphatic carbocycles. The first kappa shape index (κ1) is 16.6. The summed E-state index contributed by atoms with van der Waals surface area (Å²) in [4.78, 5) is 28.6. The van der Waals surface area contributed by atoms with E-state index in [1.54, 1.807) is 0 Å². The van der Waals surface area contributed by atoms with Gasteiger partial charge in [0.1, 0.15) is 0 Å². The number of carboxylic acids is 1. The van der Waals surface area contributed by atoms with Gasteiger partial charge < -0.3 is 10.0 Å². The zero-order chi connectivity index (χ0) is 17.6. The van der Waals surface area contributed by atoms with E-state index in [0.29, 0.717) is 25.6 Å². The third-order valence-electron chi connectivity index (χ3n) is 6.10. The second-order valence-corrected chi connectivity index (χ2v) is 7.89. The lowest BCUT2D eigenvalue weighted by Crippen LogP contribution is -2.43. The quantitative estimate of drug-likeness (QED) is 0.862. The third-order valence-corrected chi connectivity index (χ3v) is 6.10. The molecule has 3 fully saturated rings. The molecule has 1 aromatic rings. The van der Waals surface area contributed by atoms with Crippen LogP contribution < -0.4 is 0 Å². The number of carbonyl (C=O) groups is 2. The summed E-state index contributed by atoms with van der Waals surface area (Å²) in [6, 6.07) is 9.05. The third kappa shape index (κ3) is 3.30. The van der Waals surface area contributed by atoms with Crippen molar-refractivity contribution in [3.63, 3.8) is 0 Å². The van der Waals surface area contributed by atoms with E-state index in [0.717, 1.165) is 25.7 Å². The van der Waals surface area contributed by atoms with E-state index >= 15 is 0 Å². The van der Waals surface area contributed by atoms with Crippen LogP contribution in [0.5, 0.6) is 0 Å². The van der Waals surface area contributed by atoms with Gasteiger partial charge in [-0.05, 0) is 44.6 Å². The number of aliphatic carboxylic acids is 1. The van der Waals surface area contributed by atoms with Crippen molar-refractivity contribution in [1.82, 2.24) is 9.80 Å². The van der Waals surface area contributed by atoms with Crippen LogP contribution in [-0.2, 0) is 16.1 Å². The molecule has 3 unspecified atom stereocenters. The molecule has 4 rings (SSSR count). The van der Waals surface area contributed by atoms with Crippen LogP contribution in [0.15, 0.2) is 24.3 Å². The maximum Gasteiger partial charge on any atom is 0.308 e. The van der Waals surface area contributed by atoms with Crippen molar-refractivity contribution >= 4 is 11.9 Å². The molecule has 2 bridgehead atoms. The number of hydrogen-bond acceptors (Lipinski definition) is 3. The van der Waals surface area contributed by atoms with Gasteiger partial charge in [-0.3, -0.25) is 14.5 Å². The van der Waals surface area contributed by atoms with Gasteiger partial charge in [0.25, 0.3) is 0 Å². The lowest BCUT2D eigenvalue weighted by molar-refractivity contribution is -0.143. The Morgan fingerprint density at radius 2 is 1.88 bits per heavy atom. The fourth-order valence-corrected chi connectivity index (χ4v) is 4.56. The number of rotatable bonds is 6. The van der Waals surface area contributed by atoms with E-state index in [1.807, 2.05) is 4.90 Å². The van der Waals surface area contributed by atoms with E-state index < -0.39 is 5.97 Å². The normalized spacial score (nSPS) is 28.3. The van der Waals surface area contributed by atoms with Crippen LogP contribution in [0.1, 0.15) is 43.2 Å². The molecule has 5 heteroatoms. The molecule has 1 amide bonds. The summed E-state index contributed by atoms with van der Waals surface area (Å²) in [5.41, 5.74) is 2.39. The summed E-state index contributed by atoms with van der Waals surface area (Å²) in [5, 5.41) is 9.39. The van der Waals surface area contributed by atoms with Crippen LogP contribution in [0.4, 0.5) is 0 Å². The summed E-state index contributed by atoms with van der Waals surface area (Å²) < 4.78 is 0. The Morgan fingerprint density at radius 3 is 2.48 bits per heavy atom. The number of nitrogens with zero attached hydrogens (tertiary/aromatic N) is 2. The van der Waals surface area contributed by atoms with Crippen LogP contribution >= 0.6 is 0 Å². The van der Waals surface area contributed by atoms with Crippen LogP contribution in [0.3, 0.4) is 0 Å². The van der Waals surface area contributed by atoms with Gasteiger partial charge in [-0.15, -0.1) is 0 Å². The Balaban J connectivity index is 1.43. The second-order valence-electron chi connectivity index (χ2n) is 7.89. The van der Waals surface area contributed by atoms with Gasteiger partial charge in [0.05, 0.1) is 12.5 Å². The number of carboxylic acid groups (broad SMARTS) is 1. The second kappa shape index (κ2) is 6.45. The molecular formula is C20H26N2O3. The van der Waals surface area contributed by atoms with Crippen molar-refractivity contribution in [2.24, 2.45) is 5.92 Å². The summed E-state index contributed by atoms with van der Waals surface area (Å²) >= 11 is 0. The Bertz CT molecular complexity index is 668. The number of benzene rings is 1. The highest BCUT2D eigenvalue weighted by Crippen LogP contribution is 2.42. The van der Waals surface area contributed by atoms with Crippen molar-refractivity contribution < 1.29 is 14.7 Å². The highest BCUT2D eigenvalue weighted by atomic mass is 16.4. The predicted molar refractivity (Wildman–Crippen MR) is 94.0 cm³/mol. The van der Waals surface area contributed by atoms with Gasteiger partial charge in [0, 0.05) is 24.7 Å². The SMILES string of the molecule is Cc1ccc(CN(C(=O)CN2C3CCC2C(C(=O)O)C3)C2CC2)cc1. The first-order chi connectivity index (χ1) is 12.0. The molecule has 0 aromatic heterocycles. The molecule has 1 N–H and O–H groups in total. The topological polar surface area (TPSA) is 60.9 Å². The minimum absolute atomic E-state index is 0.0480. The Labute approximate surface area is 148 Å². The average Bonchev–Trinajstić information content (AvgIpc) is 3.30. The van der Waals surface area contributed by atoms with Crippen LogP contribution in [0.2, 0.25) is 0 Å². The van der Waals surface area contributed by atoms with Gasteiger partial charge in [0.2, 0.25) is 5.91 Å². The maximum atomic E-state index is 13.0. The standard InChI is InChI=1S/C20H26N2O3/c1-13-2-4-14(5-3-13)11-22(15-6-7-15)19(23)12-21-16-8-9-18(21)17(10-16)20(24)25/h2-5,15-18H,6-12H2,1H3,(H,24,25). The predicted octanol–water partition coefficient (Wildman–Crippen LogP) is 2.42. The van der Waals surface area contributed by atoms with E-state index in [-0.39, 0.29) is 23.9 Å². The summed E-state index contributed by atoms with van der Waals surface area (Å²) in [6.45, 7) is 3.10. The van der Waals surface area contributed by atoms with Crippen molar-refractivity contribution in [3.05, 3.63) is 35.4 Å². The number of fused-ring (bicyclic) bond motifs is 2. The number of hydrogen-bond donors (Lipinski definition) is 1. The lowest BCUT2D eigenvalue weighted by Gasteiger charge is -2.28. The summed E-state index contributed by atoms with van der Waals surface area (Å²) in [7, 11) is 0.